The van der Waals surface area contributed by atoms with Crippen LogP contribution < -0.4 is 10.2 Å². The Morgan fingerprint density at radius 1 is 1.25 bits per heavy atom. The lowest BCUT2D eigenvalue weighted by atomic mass is 10.2. The minimum absolute atomic E-state index is 0.660. The van der Waals surface area contributed by atoms with Crippen LogP contribution in [0.25, 0.3) is 0 Å². The first kappa shape index (κ1) is 20.7. The molecule has 1 aromatic heterocycles. The molecule has 6 nitrogen and oxygen atoms in total. The first-order valence-corrected chi connectivity index (χ1v) is 10.6. The molecule has 152 valence electrons. The predicted octanol–water partition coefficient (Wildman–Crippen LogP) is 3.22. The lowest BCUT2D eigenvalue weighted by Crippen LogP contribution is -2.38. The van der Waals surface area contributed by atoms with Crippen LogP contribution in [0.2, 0.25) is 0 Å². The van der Waals surface area contributed by atoms with Gasteiger partial charge in [-0.05, 0) is 46.6 Å². The Hall–Kier alpha value is -1.99. The summed E-state index contributed by atoms with van der Waals surface area (Å²) in [4.78, 5) is 9.36. The summed E-state index contributed by atoms with van der Waals surface area (Å²) < 4.78 is 8.66. The van der Waals surface area contributed by atoms with Crippen molar-refractivity contribution in [3.63, 3.8) is 0 Å². The molecule has 1 saturated heterocycles. The van der Waals surface area contributed by atoms with E-state index in [0.29, 0.717) is 6.54 Å². The van der Waals surface area contributed by atoms with E-state index in [-0.39, 0.29) is 0 Å². The van der Waals surface area contributed by atoms with E-state index in [0.717, 1.165) is 49.8 Å². The molecule has 0 amide bonds. The zero-order valence-electron chi connectivity index (χ0n) is 17.0. The number of nitrogens with one attached hydrogen (secondary N) is 1. The molecule has 1 N–H and O–H groups in total. The quantitative estimate of drug-likeness (QED) is 0.545. The number of ether oxygens (including phenoxy) is 1. The number of aryl methyl sites for hydroxylation is 1. The first-order valence-electron chi connectivity index (χ1n) is 9.78. The van der Waals surface area contributed by atoms with Crippen molar-refractivity contribution in [3.8, 4) is 0 Å². The molecule has 0 atom stereocenters. The molecule has 0 bridgehead atoms. The topological polar surface area (TPSA) is 45.0 Å². The van der Waals surface area contributed by atoms with Gasteiger partial charge < -0.3 is 24.4 Å². The number of morpholine rings is 1. The Bertz CT molecular complexity index is 781. The Balaban J connectivity index is 1.63. The molecule has 1 aromatic carbocycles. The molecule has 2 aromatic rings. The highest BCUT2D eigenvalue weighted by Crippen LogP contribution is 2.18. The summed E-state index contributed by atoms with van der Waals surface area (Å²) in [6.45, 7) is 7.93. The fourth-order valence-electron chi connectivity index (χ4n) is 3.31. The van der Waals surface area contributed by atoms with Gasteiger partial charge in [0.2, 0.25) is 0 Å². The minimum atomic E-state index is 0.660. The number of benzene rings is 1. The Labute approximate surface area is 176 Å². The number of aliphatic imine (C=N–C) groups is 1. The van der Waals surface area contributed by atoms with Gasteiger partial charge in [-0.15, -0.1) is 0 Å². The molecule has 3 rings (SSSR count). The van der Waals surface area contributed by atoms with E-state index < -0.39 is 0 Å². The van der Waals surface area contributed by atoms with Gasteiger partial charge in [-0.3, -0.25) is 0 Å². The molecule has 2 heterocycles. The number of hydrogen-bond donors (Lipinski definition) is 1. The van der Waals surface area contributed by atoms with E-state index in [4.69, 9.17) is 9.73 Å². The average molecular weight is 448 g/mol. The molecule has 1 aliphatic heterocycles. The summed E-state index contributed by atoms with van der Waals surface area (Å²) in [5.74, 6) is 0.914. The fourth-order valence-corrected chi connectivity index (χ4v) is 3.88. The lowest BCUT2D eigenvalue weighted by Gasteiger charge is -2.28. The normalized spacial score (nSPS) is 15.0. The van der Waals surface area contributed by atoms with Crippen molar-refractivity contribution < 1.29 is 4.74 Å². The van der Waals surface area contributed by atoms with Gasteiger partial charge in [-0.25, -0.2) is 4.99 Å². The largest absolute Gasteiger partial charge is 0.378 e. The second kappa shape index (κ2) is 9.98. The SMILES string of the molecule is CCNC(=NCc1ccc(N2CCOCC2)cc1)N(C)Cc1cc(Br)cn1C. The van der Waals surface area contributed by atoms with Crippen molar-refractivity contribution in [3.05, 3.63) is 52.3 Å². The highest BCUT2D eigenvalue weighted by molar-refractivity contribution is 9.10. The number of hydrogen-bond acceptors (Lipinski definition) is 3. The zero-order chi connectivity index (χ0) is 19.9. The third-order valence-corrected chi connectivity index (χ3v) is 5.33. The van der Waals surface area contributed by atoms with Crippen molar-refractivity contribution in [2.45, 2.75) is 20.0 Å². The molecule has 0 saturated carbocycles. The lowest BCUT2D eigenvalue weighted by molar-refractivity contribution is 0.122. The Morgan fingerprint density at radius 3 is 2.57 bits per heavy atom. The summed E-state index contributed by atoms with van der Waals surface area (Å²) in [5.41, 5.74) is 3.70. The van der Waals surface area contributed by atoms with Gasteiger partial charge in [-0.2, -0.15) is 0 Å². The van der Waals surface area contributed by atoms with Gasteiger partial charge in [0.05, 0.1) is 26.3 Å². The Morgan fingerprint density at radius 2 is 1.96 bits per heavy atom. The number of anilines is 1. The van der Waals surface area contributed by atoms with Gasteiger partial charge in [0.1, 0.15) is 0 Å². The monoisotopic (exact) mass is 447 g/mol. The average Bonchev–Trinajstić information content (AvgIpc) is 3.03. The van der Waals surface area contributed by atoms with E-state index in [1.807, 2.05) is 0 Å². The summed E-state index contributed by atoms with van der Waals surface area (Å²) >= 11 is 3.54. The molecule has 1 fully saturated rings. The molecule has 28 heavy (non-hydrogen) atoms. The van der Waals surface area contributed by atoms with Gasteiger partial charge in [0.15, 0.2) is 5.96 Å². The van der Waals surface area contributed by atoms with E-state index in [2.05, 4.69) is 93.2 Å². The van der Waals surface area contributed by atoms with Gasteiger partial charge in [0.25, 0.3) is 0 Å². The molecule has 1 aliphatic rings. The zero-order valence-corrected chi connectivity index (χ0v) is 18.6. The van der Waals surface area contributed by atoms with E-state index in [9.17, 15) is 0 Å². The standard InChI is InChI=1S/C21H30BrN5O/c1-4-23-21(26(3)16-20-13-18(22)15-25(20)2)24-14-17-5-7-19(8-6-17)27-9-11-28-12-10-27/h5-8,13,15H,4,9-12,14,16H2,1-3H3,(H,23,24). The summed E-state index contributed by atoms with van der Waals surface area (Å²) in [5, 5.41) is 3.40. The van der Waals surface area contributed by atoms with Crippen molar-refractivity contribution in [2.75, 3.05) is 44.8 Å². The van der Waals surface area contributed by atoms with E-state index in [1.165, 1.54) is 16.9 Å². The van der Waals surface area contributed by atoms with Crippen LogP contribution in [-0.4, -0.2) is 55.3 Å². The van der Waals surface area contributed by atoms with Gasteiger partial charge in [0, 0.05) is 55.8 Å². The van der Waals surface area contributed by atoms with Crippen molar-refractivity contribution in [1.82, 2.24) is 14.8 Å². The maximum atomic E-state index is 5.43. The maximum Gasteiger partial charge on any atom is 0.194 e. The van der Waals surface area contributed by atoms with Crippen LogP contribution in [0.15, 0.2) is 46.0 Å². The Kier molecular flexibility index (Phi) is 7.39. The van der Waals surface area contributed by atoms with Crippen LogP contribution in [0, 0.1) is 0 Å². The van der Waals surface area contributed by atoms with Gasteiger partial charge >= 0.3 is 0 Å². The molecule has 0 spiro atoms. The van der Waals surface area contributed by atoms with E-state index in [1.54, 1.807) is 0 Å². The molecule has 7 heteroatoms. The minimum Gasteiger partial charge on any atom is -0.378 e. The van der Waals surface area contributed by atoms with Crippen molar-refractivity contribution >= 4 is 27.6 Å². The highest BCUT2D eigenvalue weighted by Gasteiger charge is 2.12. The maximum absolute atomic E-state index is 5.43. The number of nitrogens with zero attached hydrogens (tertiary/aromatic N) is 4. The molecule has 0 aliphatic carbocycles. The van der Waals surface area contributed by atoms with Crippen molar-refractivity contribution in [2.24, 2.45) is 12.0 Å². The first-order chi connectivity index (χ1) is 13.6. The number of halogens is 1. The molecular weight excluding hydrogens is 418 g/mol. The fraction of sp³-hybridized carbons (Fsp3) is 0.476. The molecule has 0 unspecified atom stereocenters. The third-order valence-electron chi connectivity index (χ3n) is 4.89. The summed E-state index contributed by atoms with van der Waals surface area (Å²) in [6, 6.07) is 10.9. The number of rotatable bonds is 6. The van der Waals surface area contributed by atoms with Crippen LogP contribution in [-0.2, 0) is 24.9 Å². The summed E-state index contributed by atoms with van der Waals surface area (Å²) in [6.07, 6.45) is 2.07. The second-order valence-electron chi connectivity index (χ2n) is 7.05. The predicted molar refractivity (Wildman–Crippen MR) is 119 cm³/mol. The highest BCUT2D eigenvalue weighted by atomic mass is 79.9. The van der Waals surface area contributed by atoms with Crippen LogP contribution in [0.5, 0.6) is 0 Å². The van der Waals surface area contributed by atoms with E-state index >= 15 is 0 Å². The number of aromatic nitrogens is 1. The van der Waals surface area contributed by atoms with Crippen molar-refractivity contribution in [1.29, 1.82) is 0 Å². The summed E-state index contributed by atoms with van der Waals surface area (Å²) in [7, 11) is 4.14. The van der Waals surface area contributed by atoms with Crippen LogP contribution in [0.3, 0.4) is 0 Å². The smallest absolute Gasteiger partial charge is 0.194 e. The number of guanidine groups is 1. The third kappa shape index (κ3) is 5.52. The second-order valence-corrected chi connectivity index (χ2v) is 7.97. The van der Waals surface area contributed by atoms with Gasteiger partial charge in [-0.1, -0.05) is 12.1 Å². The molecular formula is C21H30BrN5O. The molecule has 0 radical (unpaired) electrons. The van der Waals surface area contributed by atoms with Crippen LogP contribution in [0.4, 0.5) is 5.69 Å². The van der Waals surface area contributed by atoms with Crippen LogP contribution in [0.1, 0.15) is 18.2 Å². The van der Waals surface area contributed by atoms with Crippen LogP contribution >= 0.6 is 15.9 Å².